The lowest BCUT2D eigenvalue weighted by molar-refractivity contribution is -0.123. The van der Waals surface area contributed by atoms with Crippen LogP contribution in [0.25, 0.3) is 0 Å². The third kappa shape index (κ3) is 7.48. The van der Waals surface area contributed by atoms with E-state index < -0.39 is 5.97 Å². The maximum absolute atomic E-state index is 12.3. The van der Waals surface area contributed by atoms with Crippen LogP contribution in [0.1, 0.15) is 40.4 Å². The number of ether oxygens (including phenoxy) is 3. The number of nitrogens with zero attached hydrogens (tertiary/aromatic N) is 1. The molecular formula is C27H28N2O5. The number of esters is 1. The van der Waals surface area contributed by atoms with Crippen LogP contribution < -0.4 is 19.6 Å². The van der Waals surface area contributed by atoms with E-state index in [0.717, 1.165) is 23.1 Å². The molecule has 0 saturated carbocycles. The predicted molar refractivity (Wildman–Crippen MR) is 131 cm³/mol. The molecule has 1 amide bonds. The van der Waals surface area contributed by atoms with Crippen molar-refractivity contribution in [2.24, 2.45) is 5.10 Å². The molecule has 0 fully saturated rings. The molecule has 3 aromatic rings. The fourth-order valence-electron chi connectivity index (χ4n) is 2.86. The molecule has 0 aliphatic heterocycles. The second-order valence-corrected chi connectivity index (χ2v) is 7.66. The topological polar surface area (TPSA) is 86.2 Å². The lowest BCUT2D eigenvalue weighted by atomic mass is 10.1. The largest absolute Gasteiger partial charge is 0.494 e. The van der Waals surface area contributed by atoms with Gasteiger partial charge in [0.25, 0.3) is 5.91 Å². The van der Waals surface area contributed by atoms with Crippen molar-refractivity contribution < 1.29 is 23.8 Å². The summed E-state index contributed by atoms with van der Waals surface area (Å²) in [6.45, 7) is 6.52. The minimum absolute atomic E-state index is 0.138. The van der Waals surface area contributed by atoms with Crippen LogP contribution in [-0.4, -0.2) is 31.3 Å². The van der Waals surface area contributed by atoms with E-state index in [0.29, 0.717) is 29.4 Å². The van der Waals surface area contributed by atoms with Gasteiger partial charge in [0.1, 0.15) is 17.2 Å². The van der Waals surface area contributed by atoms with Crippen LogP contribution in [0.3, 0.4) is 0 Å². The molecule has 0 radical (unpaired) electrons. The van der Waals surface area contributed by atoms with E-state index in [1.807, 2.05) is 39.0 Å². The summed E-state index contributed by atoms with van der Waals surface area (Å²) in [5, 5.41) is 3.93. The molecule has 0 spiro atoms. The molecule has 0 unspecified atom stereocenters. The van der Waals surface area contributed by atoms with Crippen LogP contribution in [-0.2, 0) is 4.79 Å². The van der Waals surface area contributed by atoms with Crippen LogP contribution in [0.4, 0.5) is 0 Å². The van der Waals surface area contributed by atoms with Gasteiger partial charge in [-0.15, -0.1) is 0 Å². The normalized spacial score (nSPS) is 10.7. The Morgan fingerprint density at radius 3 is 2.21 bits per heavy atom. The third-order valence-corrected chi connectivity index (χ3v) is 4.90. The Labute approximate surface area is 199 Å². The fraction of sp³-hybridized carbons (Fsp3) is 0.222. The summed E-state index contributed by atoms with van der Waals surface area (Å²) in [6, 6.07) is 19.2. The second kappa shape index (κ2) is 12.2. The maximum Gasteiger partial charge on any atom is 0.343 e. The van der Waals surface area contributed by atoms with E-state index in [-0.39, 0.29) is 12.5 Å². The lowest BCUT2D eigenvalue weighted by Gasteiger charge is -2.07. The third-order valence-electron chi connectivity index (χ3n) is 4.90. The molecule has 7 nitrogen and oxygen atoms in total. The summed E-state index contributed by atoms with van der Waals surface area (Å²) < 4.78 is 16.4. The average molecular weight is 461 g/mol. The molecule has 1 N–H and O–H groups in total. The average Bonchev–Trinajstić information content (AvgIpc) is 2.85. The highest BCUT2D eigenvalue weighted by molar-refractivity contribution is 5.91. The van der Waals surface area contributed by atoms with Gasteiger partial charge in [0, 0.05) is 0 Å². The van der Waals surface area contributed by atoms with Crippen LogP contribution in [0, 0.1) is 13.8 Å². The van der Waals surface area contributed by atoms with Gasteiger partial charge in [0.05, 0.1) is 18.4 Å². The summed E-state index contributed by atoms with van der Waals surface area (Å²) in [7, 11) is 0. The second-order valence-electron chi connectivity index (χ2n) is 7.66. The number of hydrazone groups is 1. The standard InChI is InChI=1S/C27H28N2O5/c1-4-15-32-23-13-8-22(9-14-23)27(31)34-24-11-6-21(7-12-24)17-28-29-26(30)18-33-25-10-5-19(2)20(3)16-25/h5-14,16-17H,4,15,18H2,1-3H3,(H,29,30). The van der Waals surface area contributed by atoms with Gasteiger partial charge in [-0.2, -0.15) is 5.10 Å². The van der Waals surface area contributed by atoms with E-state index >= 15 is 0 Å². The van der Waals surface area contributed by atoms with Crippen LogP contribution >= 0.6 is 0 Å². The van der Waals surface area contributed by atoms with E-state index in [4.69, 9.17) is 14.2 Å². The minimum atomic E-state index is -0.459. The molecule has 7 heteroatoms. The monoisotopic (exact) mass is 460 g/mol. The highest BCUT2D eigenvalue weighted by Crippen LogP contribution is 2.17. The molecule has 0 saturated heterocycles. The first-order chi connectivity index (χ1) is 16.4. The van der Waals surface area contributed by atoms with E-state index in [1.54, 1.807) is 48.5 Å². The highest BCUT2D eigenvalue weighted by atomic mass is 16.5. The number of aryl methyl sites for hydroxylation is 2. The van der Waals surface area contributed by atoms with E-state index in [9.17, 15) is 9.59 Å². The lowest BCUT2D eigenvalue weighted by Crippen LogP contribution is -2.24. The highest BCUT2D eigenvalue weighted by Gasteiger charge is 2.09. The molecular weight excluding hydrogens is 432 g/mol. The Morgan fingerprint density at radius 2 is 1.53 bits per heavy atom. The zero-order valence-corrected chi connectivity index (χ0v) is 19.5. The van der Waals surface area contributed by atoms with Gasteiger partial charge in [-0.3, -0.25) is 4.79 Å². The molecule has 0 heterocycles. The minimum Gasteiger partial charge on any atom is -0.494 e. The van der Waals surface area contributed by atoms with Gasteiger partial charge in [-0.05, 0) is 97.6 Å². The quantitative estimate of drug-likeness (QED) is 0.202. The number of amides is 1. The fourth-order valence-corrected chi connectivity index (χ4v) is 2.86. The summed E-state index contributed by atoms with van der Waals surface area (Å²) in [5.74, 6) is 0.920. The van der Waals surface area contributed by atoms with Gasteiger partial charge in [0.15, 0.2) is 6.61 Å². The molecule has 176 valence electrons. The molecule has 3 rings (SSSR count). The Balaban J connectivity index is 1.44. The first-order valence-electron chi connectivity index (χ1n) is 11.0. The maximum atomic E-state index is 12.3. The summed E-state index contributed by atoms with van der Waals surface area (Å²) >= 11 is 0. The van der Waals surface area contributed by atoms with Crippen molar-refractivity contribution in [2.75, 3.05) is 13.2 Å². The van der Waals surface area contributed by atoms with Gasteiger partial charge >= 0.3 is 5.97 Å². The molecule has 0 bridgehead atoms. The molecule has 0 atom stereocenters. The van der Waals surface area contributed by atoms with Crippen LogP contribution in [0.15, 0.2) is 71.8 Å². The van der Waals surface area contributed by atoms with Crippen molar-refractivity contribution in [1.29, 1.82) is 0 Å². The Bertz CT molecular complexity index is 1140. The van der Waals surface area contributed by atoms with Crippen molar-refractivity contribution >= 4 is 18.1 Å². The van der Waals surface area contributed by atoms with Crippen molar-refractivity contribution in [3.05, 3.63) is 89.0 Å². The zero-order valence-electron chi connectivity index (χ0n) is 19.5. The van der Waals surface area contributed by atoms with E-state index in [2.05, 4.69) is 10.5 Å². The van der Waals surface area contributed by atoms with Crippen LogP contribution in [0.2, 0.25) is 0 Å². The summed E-state index contributed by atoms with van der Waals surface area (Å²) in [5.41, 5.74) is 5.84. The van der Waals surface area contributed by atoms with Crippen molar-refractivity contribution in [3.63, 3.8) is 0 Å². The predicted octanol–water partition coefficient (Wildman–Crippen LogP) is 4.84. The molecule has 0 aliphatic rings. The van der Waals surface area contributed by atoms with Gasteiger partial charge in [-0.25, -0.2) is 10.2 Å². The number of carbonyl (C=O) groups is 2. The SMILES string of the molecule is CCCOc1ccc(C(=O)Oc2ccc(C=NNC(=O)COc3ccc(C)c(C)c3)cc2)cc1. The number of nitrogens with one attached hydrogen (secondary N) is 1. The summed E-state index contributed by atoms with van der Waals surface area (Å²) in [6.07, 6.45) is 2.41. The molecule has 3 aromatic carbocycles. The number of rotatable bonds is 10. The van der Waals surface area contributed by atoms with E-state index in [1.165, 1.54) is 6.21 Å². The van der Waals surface area contributed by atoms with Crippen molar-refractivity contribution in [1.82, 2.24) is 5.43 Å². The van der Waals surface area contributed by atoms with Crippen LogP contribution in [0.5, 0.6) is 17.2 Å². The zero-order chi connectivity index (χ0) is 24.3. The molecule has 0 aliphatic carbocycles. The van der Waals surface area contributed by atoms with Gasteiger partial charge < -0.3 is 14.2 Å². The number of hydrogen-bond acceptors (Lipinski definition) is 6. The number of hydrogen-bond donors (Lipinski definition) is 1. The number of benzene rings is 3. The Kier molecular flexibility index (Phi) is 8.80. The molecule has 34 heavy (non-hydrogen) atoms. The van der Waals surface area contributed by atoms with Gasteiger partial charge in [-0.1, -0.05) is 13.0 Å². The Hall–Kier alpha value is -4.13. The van der Waals surface area contributed by atoms with Crippen molar-refractivity contribution in [2.45, 2.75) is 27.2 Å². The molecule has 0 aromatic heterocycles. The first-order valence-corrected chi connectivity index (χ1v) is 11.0. The van der Waals surface area contributed by atoms with Gasteiger partial charge in [0.2, 0.25) is 0 Å². The summed E-state index contributed by atoms with van der Waals surface area (Å²) in [4.78, 5) is 24.2. The first kappa shape index (κ1) is 24.5. The van der Waals surface area contributed by atoms with Crippen molar-refractivity contribution in [3.8, 4) is 17.2 Å². The number of carbonyl (C=O) groups excluding carboxylic acids is 2. The Morgan fingerprint density at radius 1 is 0.853 bits per heavy atom. The smallest absolute Gasteiger partial charge is 0.343 e.